The summed E-state index contributed by atoms with van der Waals surface area (Å²) in [6, 6.07) is 13.2. The summed E-state index contributed by atoms with van der Waals surface area (Å²) in [5, 5.41) is 3.65. The van der Waals surface area contributed by atoms with Crippen LogP contribution in [-0.2, 0) is 6.54 Å². The molecule has 0 spiro atoms. The Bertz CT molecular complexity index is 775. The zero-order chi connectivity index (χ0) is 19.2. The van der Waals surface area contributed by atoms with Gasteiger partial charge in [-0.05, 0) is 29.8 Å². The molecule has 0 atom stereocenters. The number of nitrogens with zero attached hydrogens (tertiary/aromatic N) is 2. The maximum absolute atomic E-state index is 12.4. The van der Waals surface area contributed by atoms with E-state index in [1.807, 2.05) is 47.4 Å². The first-order valence-electron chi connectivity index (χ1n) is 8.85. The fraction of sp³-hybridized carbons (Fsp3) is 0.350. The number of halogens is 1. The molecule has 2 amide bonds. The molecule has 144 valence electrons. The van der Waals surface area contributed by atoms with Crippen molar-refractivity contribution in [2.45, 2.75) is 6.54 Å². The molecule has 0 unspecified atom stereocenters. The second-order valence-electron chi connectivity index (χ2n) is 6.30. The summed E-state index contributed by atoms with van der Waals surface area (Å²) in [7, 11) is 3.31. The van der Waals surface area contributed by atoms with Crippen molar-refractivity contribution in [3.05, 3.63) is 53.1 Å². The first-order chi connectivity index (χ1) is 13.1. The maximum Gasteiger partial charge on any atom is 0.317 e. The highest BCUT2D eigenvalue weighted by Crippen LogP contribution is 2.32. The van der Waals surface area contributed by atoms with Crippen LogP contribution >= 0.6 is 11.6 Å². The minimum absolute atomic E-state index is 0.0535. The van der Waals surface area contributed by atoms with Gasteiger partial charge in [0.1, 0.15) is 11.5 Å². The molecule has 6 nitrogen and oxygen atoms in total. The largest absolute Gasteiger partial charge is 0.497 e. The number of urea groups is 1. The zero-order valence-corrected chi connectivity index (χ0v) is 16.3. The van der Waals surface area contributed by atoms with E-state index in [-0.39, 0.29) is 6.03 Å². The molecular formula is C20H24ClN3O3. The van der Waals surface area contributed by atoms with E-state index < -0.39 is 0 Å². The number of amides is 2. The fourth-order valence-electron chi connectivity index (χ4n) is 3.09. The van der Waals surface area contributed by atoms with E-state index in [1.54, 1.807) is 14.2 Å². The average Bonchev–Trinajstić information content (AvgIpc) is 2.72. The number of carbonyl (C=O) groups is 1. The summed E-state index contributed by atoms with van der Waals surface area (Å²) >= 11 is 5.88. The Morgan fingerprint density at radius 3 is 2.37 bits per heavy atom. The molecule has 1 N–H and O–H groups in total. The number of hydrogen-bond donors (Lipinski definition) is 1. The Morgan fingerprint density at radius 2 is 1.74 bits per heavy atom. The number of carbonyl (C=O) groups excluding carboxylic acids is 1. The van der Waals surface area contributed by atoms with Gasteiger partial charge in [-0.3, -0.25) is 0 Å². The molecule has 2 aromatic rings. The number of nitrogens with one attached hydrogen (secondary N) is 1. The Balaban J connectivity index is 1.55. The summed E-state index contributed by atoms with van der Waals surface area (Å²) in [5.41, 5.74) is 2.01. The molecule has 27 heavy (non-hydrogen) atoms. The van der Waals surface area contributed by atoms with Gasteiger partial charge >= 0.3 is 6.03 Å². The third kappa shape index (κ3) is 4.77. The Labute approximate surface area is 164 Å². The van der Waals surface area contributed by atoms with E-state index >= 15 is 0 Å². The molecule has 0 bridgehead atoms. The molecule has 0 radical (unpaired) electrons. The van der Waals surface area contributed by atoms with Crippen LogP contribution < -0.4 is 19.7 Å². The van der Waals surface area contributed by atoms with Gasteiger partial charge in [-0.15, -0.1) is 0 Å². The molecule has 1 saturated heterocycles. The highest BCUT2D eigenvalue weighted by atomic mass is 35.5. The van der Waals surface area contributed by atoms with Gasteiger partial charge < -0.3 is 24.6 Å². The van der Waals surface area contributed by atoms with E-state index in [0.717, 1.165) is 35.8 Å². The molecule has 1 fully saturated rings. The Kier molecular flexibility index (Phi) is 6.29. The number of ether oxygens (including phenoxy) is 2. The first kappa shape index (κ1) is 19.2. The van der Waals surface area contributed by atoms with E-state index in [1.165, 1.54) is 0 Å². The van der Waals surface area contributed by atoms with E-state index in [2.05, 4.69) is 10.2 Å². The molecule has 1 aliphatic heterocycles. The molecule has 1 aliphatic rings. The normalized spacial score (nSPS) is 14.0. The highest BCUT2D eigenvalue weighted by molar-refractivity contribution is 6.30. The van der Waals surface area contributed by atoms with Gasteiger partial charge in [-0.25, -0.2) is 4.79 Å². The number of anilines is 1. The number of hydrogen-bond acceptors (Lipinski definition) is 4. The highest BCUT2D eigenvalue weighted by Gasteiger charge is 2.23. The van der Waals surface area contributed by atoms with Crippen LogP contribution in [0.1, 0.15) is 5.56 Å². The lowest BCUT2D eigenvalue weighted by atomic mass is 10.2. The minimum Gasteiger partial charge on any atom is -0.497 e. The fourth-order valence-corrected chi connectivity index (χ4v) is 3.21. The predicted molar refractivity (Wildman–Crippen MR) is 107 cm³/mol. The van der Waals surface area contributed by atoms with Crippen molar-refractivity contribution in [1.82, 2.24) is 10.2 Å². The standard InChI is InChI=1S/C20H24ClN3O3/c1-26-17-7-8-19(27-2)18(13-17)23-9-11-24(12-10-23)20(25)22-14-15-3-5-16(21)6-4-15/h3-8,13H,9-12,14H2,1-2H3,(H,22,25). The lowest BCUT2D eigenvalue weighted by molar-refractivity contribution is 0.194. The summed E-state index contributed by atoms with van der Waals surface area (Å²) in [6.07, 6.45) is 0. The summed E-state index contributed by atoms with van der Waals surface area (Å²) in [4.78, 5) is 16.5. The first-order valence-corrected chi connectivity index (χ1v) is 9.22. The quantitative estimate of drug-likeness (QED) is 0.851. The predicted octanol–water partition coefficient (Wildman–Crippen LogP) is 3.39. The van der Waals surface area contributed by atoms with Crippen molar-refractivity contribution >= 4 is 23.3 Å². The molecule has 0 saturated carbocycles. The lowest BCUT2D eigenvalue weighted by Crippen LogP contribution is -2.51. The van der Waals surface area contributed by atoms with Crippen molar-refractivity contribution in [2.24, 2.45) is 0 Å². The van der Waals surface area contributed by atoms with Gasteiger partial charge in [-0.2, -0.15) is 0 Å². The topological polar surface area (TPSA) is 54.0 Å². The van der Waals surface area contributed by atoms with Gasteiger partial charge in [0.15, 0.2) is 0 Å². The van der Waals surface area contributed by atoms with Crippen LogP contribution in [0.15, 0.2) is 42.5 Å². The minimum atomic E-state index is -0.0535. The SMILES string of the molecule is COc1ccc(OC)c(N2CCN(C(=O)NCc3ccc(Cl)cc3)CC2)c1. The van der Waals surface area contributed by atoms with Gasteiger partial charge in [0.05, 0.1) is 19.9 Å². The Hall–Kier alpha value is -2.60. The molecule has 0 aliphatic carbocycles. The van der Waals surface area contributed by atoms with Crippen LogP contribution in [0.5, 0.6) is 11.5 Å². The van der Waals surface area contributed by atoms with Crippen molar-refractivity contribution in [1.29, 1.82) is 0 Å². The molecule has 7 heteroatoms. The van der Waals surface area contributed by atoms with Crippen LogP contribution in [0, 0.1) is 0 Å². The summed E-state index contributed by atoms with van der Waals surface area (Å²) in [6.45, 7) is 3.25. The van der Waals surface area contributed by atoms with Crippen LogP contribution in [0.2, 0.25) is 5.02 Å². The van der Waals surface area contributed by atoms with Crippen molar-refractivity contribution in [3.8, 4) is 11.5 Å². The third-order valence-electron chi connectivity index (χ3n) is 4.65. The number of benzene rings is 2. The lowest BCUT2D eigenvalue weighted by Gasteiger charge is -2.36. The molecular weight excluding hydrogens is 366 g/mol. The number of rotatable bonds is 5. The van der Waals surface area contributed by atoms with E-state index in [0.29, 0.717) is 24.7 Å². The van der Waals surface area contributed by atoms with Crippen LogP contribution in [0.25, 0.3) is 0 Å². The zero-order valence-electron chi connectivity index (χ0n) is 15.6. The molecule has 1 heterocycles. The van der Waals surface area contributed by atoms with Crippen molar-refractivity contribution in [3.63, 3.8) is 0 Å². The molecule has 2 aromatic carbocycles. The monoisotopic (exact) mass is 389 g/mol. The third-order valence-corrected chi connectivity index (χ3v) is 4.90. The van der Waals surface area contributed by atoms with Crippen molar-refractivity contribution in [2.75, 3.05) is 45.3 Å². The smallest absolute Gasteiger partial charge is 0.317 e. The van der Waals surface area contributed by atoms with Gasteiger partial charge in [0.2, 0.25) is 0 Å². The van der Waals surface area contributed by atoms with E-state index in [4.69, 9.17) is 21.1 Å². The van der Waals surface area contributed by atoms with Crippen molar-refractivity contribution < 1.29 is 14.3 Å². The van der Waals surface area contributed by atoms with E-state index in [9.17, 15) is 4.79 Å². The summed E-state index contributed by atoms with van der Waals surface area (Å²) < 4.78 is 10.8. The summed E-state index contributed by atoms with van der Waals surface area (Å²) in [5.74, 6) is 1.59. The average molecular weight is 390 g/mol. The van der Waals surface area contributed by atoms with Crippen LogP contribution in [0.4, 0.5) is 10.5 Å². The molecule has 3 rings (SSSR count). The second kappa shape index (κ2) is 8.86. The second-order valence-corrected chi connectivity index (χ2v) is 6.73. The Morgan fingerprint density at radius 1 is 1.04 bits per heavy atom. The van der Waals surface area contributed by atoms with Gasteiger partial charge in [0.25, 0.3) is 0 Å². The van der Waals surface area contributed by atoms with Gasteiger partial charge in [-0.1, -0.05) is 23.7 Å². The number of methoxy groups -OCH3 is 2. The van der Waals surface area contributed by atoms with Crippen LogP contribution in [-0.4, -0.2) is 51.3 Å². The molecule has 0 aromatic heterocycles. The van der Waals surface area contributed by atoms with Gasteiger partial charge in [0, 0.05) is 43.8 Å². The maximum atomic E-state index is 12.4. The number of piperazine rings is 1. The van der Waals surface area contributed by atoms with Crippen LogP contribution in [0.3, 0.4) is 0 Å².